The molecule has 2 rings (SSSR count). The second kappa shape index (κ2) is 3.64. The minimum atomic E-state index is 0.490. The summed E-state index contributed by atoms with van der Waals surface area (Å²) in [5.41, 5.74) is 7.46. The maximum atomic E-state index is 5.44. The van der Waals surface area contributed by atoms with Gasteiger partial charge in [0, 0.05) is 35.4 Å². The van der Waals surface area contributed by atoms with Crippen LogP contribution in [-0.4, -0.2) is 9.97 Å². The summed E-state index contributed by atoms with van der Waals surface area (Å²) in [5, 5.41) is 4.03. The molecule has 0 spiro atoms. The highest BCUT2D eigenvalue weighted by Crippen LogP contribution is 2.17. The predicted molar refractivity (Wildman–Crippen MR) is 53.2 cm³/mol. The van der Waals surface area contributed by atoms with Crippen LogP contribution in [0.4, 0.5) is 0 Å². The van der Waals surface area contributed by atoms with E-state index in [4.69, 9.17) is 5.73 Å². The van der Waals surface area contributed by atoms with Crippen molar-refractivity contribution in [2.45, 2.75) is 6.54 Å². The Balaban J connectivity index is 2.33. The lowest BCUT2D eigenvalue weighted by Crippen LogP contribution is -1.98. The summed E-state index contributed by atoms with van der Waals surface area (Å²) in [4.78, 5) is 8.42. The van der Waals surface area contributed by atoms with Crippen molar-refractivity contribution in [2.24, 2.45) is 5.73 Å². The van der Waals surface area contributed by atoms with E-state index in [0.717, 1.165) is 17.0 Å². The monoisotopic (exact) mass is 191 g/mol. The molecule has 0 aliphatic heterocycles. The molecule has 0 fully saturated rings. The number of hydrogen-bond acceptors (Lipinski definition) is 4. The fraction of sp³-hybridized carbons (Fsp3) is 0.111. The highest BCUT2D eigenvalue weighted by molar-refractivity contribution is 7.08. The molecule has 0 amide bonds. The Hall–Kier alpha value is -1.26. The van der Waals surface area contributed by atoms with Gasteiger partial charge in [0.1, 0.15) is 0 Å². The van der Waals surface area contributed by atoms with Crippen LogP contribution in [0.15, 0.2) is 29.2 Å². The van der Waals surface area contributed by atoms with Crippen LogP contribution in [0, 0.1) is 0 Å². The number of hydrogen-bond donors (Lipinski definition) is 1. The molecule has 2 aromatic rings. The van der Waals surface area contributed by atoms with E-state index in [1.807, 2.05) is 16.8 Å². The number of aromatic nitrogens is 2. The summed E-state index contributed by atoms with van der Waals surface area (Å²) in [5.74, 6) is 0.762. The van der Waals surface area contributed by atoms with Gasteiger partial charge in [0.15, 0.2) is 5.82 Å². The summed E-state index contributed by atoms with van der Waals surface area (Å²) >= 11 is 1.64. The van der Waals surface area contributed by atoms with Crippen LogP contribution in [0.5, 0.6) is 0 Å². The summed E-state index contributed by atoms with van der Waals surface area (Å²) in [6.07, 6.45) is 3.53. The second-order valence-corrected chi connectivity index (χ2v) is 3.41. The first kappa shape index (κ1) is 8.34. The first-order valence-electron chi connectivity index (χ1n) is 3.93. The van der Waals surface area contributed by atoms with Crippen molar-refractivity contribution in [2.75, 3.05) is 0 Å². The molecule has 0 saturated heterocycles. The number of rotatable bonds is 2. The van der Waals surface area contributed by atoms with Gasteiger partial charge in [0.25, 0.3) is 0 Å². The fourth-order valence-electron chi connectivity index (χ4n) is 1.00. The average molecular weight is 191 g/mol. The lowest BCUT2D eigenvalue weighted by molar-refractivity contribution is 1.01. The molecule has 66 valence electrons. The lowest BCUT2D eigenvalue weighted by Gasteiger charge is -1.97. The van der Waals surface area contributed by atoms with Gasteiger partial charge < -0.3 is 5.73 Å². The first-order valence-corrected chi connectivity index (χ1v) is 4.88. The van der Waals surface area contributed by atoms with Crippen LogP contribution in [0.2, 0.25) is 0 Å². The lowest BCUT2D eigenvalue weighted by atomic mass is 10.3. The second-order valence-electron chi connectivity index (χ2n) is 2.63. The van der Waals surface area contributed by atoms with Crippen molar-refractivity contribution in [3.05, 3.63) is 34.8 Å². The van der Waals surface area contributed by atoms with Crippen LogP contribution >= 0.6 is 11.3 Å². The zero-order chi connectivity index (χ0) is 9.10. The van der Waals surface area contributed by atoms with Gasteiger partial charge in [-0.15, -0.1) is 0 Å². The van der Waals surface area contributed by atoms with Gasteiger partial charge in [0.2, 0.25) is 0 Å². The summed E-state index contributed by atoms with van der Waals surface area (Å²) in [7, 11) is 0. The molecule has 0 unspecified atom stereocenters. The first-order chi connectivity index (χ1) is 6.40. The highest BCUT2D eigenvalue weighted by atomic mass is 32.1. The Labute approximate surface area is 80.3 Å². The molecule has 4 heteroatoms. The third-order valence-corrected chi connectivity index (χ3v) is 2.40. The largest absolute Gasteiger partial charge is 0.326 e. The molecule has 2 heterocycles. The van der Waals surface area contributed by atoms with Gasteiger partial charge >= 0.3 is 0 Å². The molecule has 0 saturated carbocycles. The standard InChI is InChI=1S/C9H9N3S/c10-3-7-4-11-9(12-5-7)8-1-2-13-6-8/h1-2,4-6H,3,10H2. The van der Waals surface area contributed by atoms with Crippen molar-refractivity contribution in [1.29, 1.82) is 0 Å². The highest BCUT2D eigenvalue weighted by Gasteiger charge is 1.99. The Kier molecular flexibility index (Phi) is 2.33. The van der Waals surface area contributed by atoms with E-state index >= 15 is 0 Å². The van der Waals surface area contributed by atoms with E-state index in [0.29, 0.717) is 6.54 Å². The van der Waals surface area contributed by atoms with Gasteiger partial charge in [-0.05, 0) is 11.4 Å². The molecule has 13 heavy (non-hydrogen) atoms. The Morgan fingerprint density at radius 3 is 2.62 bits per heavy atom. The molecular weight excluding hydrogens is 182 g/mol. The van der Waals surface area contributed by atoms with Gasteiger partial charge in [-0.2, -0.15) is 11.3 Å². The molecule has 3 nitrogen and oxygen atoms in total. The Bertz CT molecular complexity index is 366. The number of nitrogens with two attached hydrogens (primary N) is 1. The maximum Gasteiger partial charge on any atom is 0.159 e. The van der Waals surface area contributed by atoms with Crippen molar-refractivity contribution < 1.29 is 0 Å². The Morgan fingerprint density at radius 2 is 2.08 bits per heavy atom. The van der Waals surface area contributed by atoms with Crippen LogP contribution in [0.25, 0.3) is 11.4 Å². The predicted octanol–water partition coefficient (Wildman–Crippen LogP) is 1.66. The van der Waals surface area contributed by atoms with E-state index in [1.54, 1.807) is 23.7 Å². The normalized spacial score (nSPS) is 10.2. The molecule has 0 bridgehead atoms. The van der Waals surface area contributed by atoms with Crippen LogP contribution in [-0.2, 0) is 6.54 Å². The van der Waals surface area contributed by atoms with Crippen molar-refractivity contribution in [3.63, 3.8) is 0 Å². The summed E-state index contributed by atoms with van der Waals surface area (Å²) in [6.45, 7) is 0.490. The average Bonchev–Trinajstić information content (AvgIpc) is 2.71. The van der Waals surface area contributed by atoms with E-state index in [1.165, 1.54) is 0 Å². The quantitative estimate of drug-likeness (QED) is 0.785. The number of nitrogens with zero attached hydrogens (tertiary/aromatic N) is 2. The minimum Gasteiger partial charge on any atom is -0.326 e. The molecule has 0 aliphatic rings. The van der Waals surface area contributed by atoms with E-state index < -0.39 is 0 Å². The summed E-state index contributed by atoms with van der Waals surface area (Å²) < 4.78 is 0. The zero-order valence-electron chi connectivity index (χ0n) is 6.97. The van der Waals surface area contributed by atoms with Crippen LogP contribution in [0.3, 0.4) is 0 Å². The molecule has 0 radical (unpaired) electrons. The molecule has 2 aromatic heterocycles. The molecule has 2 N–H and O–H groups in total. The van der Waals surface area contributed by atoms with E-state index in [2.05, 4.69) is 9.97 Å². The topological polar surface area (TPSA) is 51.8 Å². The molecule has 0 atom stereocenters. The van der Waals surface area contributed by atoms with Crippen molar-refractivity contribution in [1.82, 2.24) is 9.97 Å². The molecular formula is C9H9N3S. The fourth-order valence-corrected chi connectivity index (χ4v) is 1.64. The van der Waals surface area contributed by atoms with Gasteiger partial charge in [-0.3, -0.25) is 0 Å². The SMILES string of the molecule is NCc1cnc(-c2ccsc2)nc1. The van der Waals surface area contributed by atoms with Gasteiger partial charge in [-0.25, -0.2) is 9.97 Å². The van der Waals surface area contributed by atoms with Crippen LogP contribution < -0.4 is 5.73 Å². The Morgan fingerprint density at radius 1 is 1.31 bits per heavy atom. The minimum absolute atomic E-state index is 0.490. The van der Waals surface area contributed by atoms with E-state index in [9.17, 15) is 0 Å². The molecule has 0 aliphatic carbocycles. The maximum absolute atomic E-state index is 5.44. The third-order valence-electron chi connectivity index (χ3n) is 1.72. The third kappa shape index (κ3) is 1.74. The summed E-state index contributed by atoms with van der Waals surface area (Å²) in [6, 6.07) is 2.00. The van der Waals surface area contributed by atoms with Crippen molar-refractivity contribution in [3.8, 4) is 11.4 Å². The van der Waals surface area contributed by atoms with Crippen LogP contribution in [0.1, 0.15) is 5.56 Å². The van der Waals surface area contributed by atoms with Gasteiger partial charge in [0.05, 0.1) is 0 Å². The van der Waals surface area contributed by atoms with Crippen molar-refractivity contribution >= 4 is 11.3 Å². The molecule has 0 aromatic carbocycles. The number of thiophene rings is 1. The zero-order valence-corrected chi connectivity index (χ0v) is 7.79. The smallest absolute Gasteiger partial charge is 0.159 e. The van der Waals surface area contributed by atoms with E-state index in [-0.39, 0.29) is 0 Å². The van der Waals surface area contributed by atoms with Gasteiger partial charge in [-0.1, -0.05) is 0 Å².